The van der Waals surface area contributed by atoms with Crippen LogP contribution in [0.3, 0.4) is 0 Å². The molecule has 3 atom stereocenters. The average Bonchev–Trinajstić information content (AvgIpc) is 3.19. The van der Waals surface area contributed by atoms with Crippen LogP contribution in [0.1, 0.15) is 48.9 Å². The minimum atomic E-state index is 0.281. The normalized spacial score (nSPS) is 29.6. The Morgan fingerprint density at radius 2 is 1.86 bits per heavy atom. The molecule has 2 aliphatic heterocycles. The summed E-state index contributed by atoms with van der Waals surface area (Å²) in [5.74, 6) is 2.40. The fourth-order valence-corrected chi connectivity index (χ4v) is 5.68. The van der Waals surface area contributed by atoms with Gasteiger partial charge in [0.2, 0.25) is 0 Å². The number of nitrogens with two attached hydrogens (primary N) is 1. The Morgan fingerprint density at radius 3 is 2.52 bits per heavy atom. The van der Waals surface area contributed by atoms with E-state index in [-0.39, 0.29) is 5.82 Å². The van der Waals surface area contributed by atoms with Crippen LogP contribution >= 0.6 is 0 Å². The summed E-state index contributed by atoms with van der Waals surface area (Å²) in [7, 11) is 0. The van der Waals surface area contributed by atoms with E-state index in [1.807, 2.05) is 6.07 Å². The molecule has 2 aliphatic carbocycles. The summed E-state index contributed by atoms with van der Waals surface area (Å²) in [5.41, 5.74) is 9.43. The third kappa shape index (κ3) is 2.77. The Balaban J connectivity index is 1.31. The molecule has 2 aromatic heterocycles. The molecule has 2 saturated carbocycles. The highest BCUT2D eigenvalue weighted by Gasteiger charge is 2.59. The second-order valence-corrected chi connectivity index (χ2v) is 9.10. The highest BCUT2D eigenvalue weighted by Crippen LogP contribution is 2.59. The zero-order valence-corrected chi connectivity index (χ0v) is 16.5. The number of nitrogen functional groups attached to an aromatic ring is 1. The molecule has 4 fully saturated rings. The molecule has 0 unspecified atom stereocenters. The molecule has 0 bridgehead atoms. The number of fused-ring (bicyclic) bond motifs is 1. The maximum atomic E-state index is 9.31. The second-order valence-electron chi connectivity index (χ2n) is 9.10. The summed E-state index contributed by atoms with van der Waals surface area (Å²) >= 11 is 0. The molecule has 0 spiro atoms. The van der Waals surface area contributed by atoms with Crippen molar-refractivity contribution in [2.75, 3.05) is 32.0 Å². The lowest BCUT2D eigenvalue weighted by Crippen LogP contribution is -2.48. The number of piperidine rings is 1. The van der Waals surface area contributed by atoms with Gasteiger partial charge in [-0.1, -0.05) is 12.8 Å². The monoisotopic (exact) mass is 390 g/mol. The molecule has 7 heteroatoms. The van der Waals surface area contributed by atoms with E-state index in [1.54, 1.807) is 6.20 Å². The van der Waals surface area contributed by atoms with E-state index in [2.05, 4.69) is 26.7 Å². The number of hydrogen-bond donors (Lipinski definition) is 1. The van der Waals surface area contributed by atoms with Crippen LogP contribution in [-0.4, -0.2) is 52.0 Å². The van der Waals surface area contributed by atoms with Gasteiger partial charge in [0.25, 0.3) is 0 Å². The van der Waals surface area contributed by atoms with Crippen molar-refractivity contribution >= 4 is 5.82 Å². The quantitative estimate of drug-likeness (QED) is 0.862. The van der Waals surface area contributed by atoms with Gasteiger partial charge in [-0.15, -0.1) is 0 Å². The van der Waals surface area contributed by atoms with Crippen LogP contribution in [0, 0.1) is 23.2 Å². The first kappa shape index (κ1) is 17.4. The minimum Gasteiger partial charge on any atom is -0.383 e. The molecule has 29 heavy (non-hydrogen) atoms. The fraction of sp³-hybridized carbons (Fsp3) is 0.591. The molecule has 2 aromatic rings. The van der Waals surface area contributed by atoms with Gasteiger partial charge in [0, 0.05) is 36.5 Å². The van der Waals surface area contributed by atoms with Gasteiger partial charge in [0.15, 0.2) is 0 Å². The first-order valence-corrected chi connectivity index (χ1v) is 10.8. The maximum absolute atomic E-state index is 9.31. The van der Waals surface area contributed by atoms with Crippen molar-refractivity contribution in [2.45, 2.75) is 43.7 Å². The zero-order chi connectivity index (χ0) is 19.5. The van der Waals surface area contributed by atoms with Gasteiger partial charge in [-0.05, 0) is 36.8 Å². The number of ether oxygens (including phenoxy) is 1. The van der Waals surface area contributed by atoms with Crippen LogP contribution in [0.25, 0.3) is 11.3 Å². The van der Waals surface area contributed by atoms with Crippen molar-refractivity contribution in [3.05, 3.63) is 29.6 Å². The third-order valence-electron chi connectivity index (χ3n) is 7.47. The number of anilines is 1. The lowest BCUT2D eigenvalue weighted by Gasteiger charge is -2.35. The SMILES string of the molecule is N#Cc1cc(-c2cc([C@@H]3[C@@H]4CN(C5COC5)C[C@@H]43)n(C3CCCC3)n2)cnc1N. The zero-order valence-electron chi connectivity index (χ0n) is 16.5. The van der Waals surface area contributed by atoms with Gasteiger partial charge in [-0.2, -0.15) is 10.4 Å². The summed E-state index contributed by atoms with van der Waals surface area (Å²) in [6, 6.07) is 7.36. The lowest BCUT2D eigenvalue weighted by molar-refractivity contribution is -0.0610. The van der Waals surface area contributed by atoms with E-state index in [0.29, 0.717) is 23.6 Å². The number of hydrogen-bond acceptors (Lipinski definition) is 6. The molecular weight excluding hydrogens is 364 g/mol. The molecule has 150 valence electrons. The summed E-state index contributed by atoms with van der Waals surface area (Å²) in [5, 5.41) is 14.3. The molecular formula is C22H26N6O. The summed E-state index contributed by atoms with van der Waals surface area (Å²) in [6.45, 7) is 4.19. The van der Waals surface area contributed by atoms with Crippen LogP contribution in [0.2, 0.25) is 0 Å². The molecule has 7 nitrogen and oxygen atoms in total. The number of aromatic nitrogens is 3. The van der Waals surface area contributed by atoms with E-state index in [4.69, 9.17) is 15.6 Å². The maximum Gasteiger partial charge on any atom is 0.141 e. The third-order valence-corrected chi connectivity index (χ3v) is 7.47. The Kier molecular flexibility index (Phi) is 3.93. The second kappa shape index (κ2) is 6.54. The fourth-order valence-electron chi connectivity index (χ4n) is 5.68. The largest absolute Gasteiger partial charge is 0.383 e. The van der Waals surface area contributed by atoms with Gasteiger partial charge in [-0.25, -0.2) is 4.98 Å². The predicted octanol–water partition coefficient (Wildman–Crippen LogP) is 2.56. The van der Waals surface area contributed by atoms with Crippen molar-refractivity contribution in [1.82, 2.24) is 19.7 Å². The summed E-state index contributed by atoms with van der Waals surface area (Å²) in [6.07, 6.45) is 6.74. The van der Waals surface area contributed by atoms with Gasteiger partial charge >= 0.3 is 0 Å². The van der Waals surface area contributed by atoms with Gasteiger partial charge in [0.1, 0.15) is 11.9 Å². The molecule has 4 heterocycles. The van der Waals surface area contributed by atoms with E-state index in [1.165, 1.54) is 44.5 Å². The Morgan fingerprint density at radius 1 is 1.10 bits per heavy atom. The lowest BCUT2D eigenvalue weighted by atomic mass is 10.1. The Hall–Kier alpha value is -2.43. The van der Waals surface area contributed by atoms with Gasteiger partial charge in [0.05, 0.1) is 36.6 Å². The molecule has 4 aliphatic rings. The predicted molar refractivity (Wildman–Crippen MR) is 108 cm³/mol. The Labute approximate surface area is 170 Å². The first-order valence-electron chi connectivity index (χ1n) is 10.8. The van der Waals surface area contributed by atoms with E-state index in [9.17, 15) is 5.26 Å². The Bertz CT molecular complexity index is 972. The molecule has 2 saturated heterocycles. The summed E-state index contributed by atoms with van der Waals surface area (Å²) < 4.78 is 7.71. The number of nitrogens with zero attached hydrogens (tertiary/aromatic N) is 5. The van der Waals surface area contributed by atoms with Crippen molar-refractivity contribution in [3.63, 3.8) is 0 Å². The summed E-state index contributed by atoms with van der Waals surface area (Å²) in [4.78, 5) is 6.83. The number of nitriles is 1. The highest BCUT2D eigenvalue weighted by molar-refractivity contribution is 5.64. The van der Waals surface area contributed by atoms with Gasteiger partial charge in [-0.3, -0.25) is 9.58 Å². The van der Waals surface area contributed by atoms with Crippen molar-refractivity contribution in [1.29, 1.82) is 5.26 Å². The van der Waals surface area contributed by atoms with E-state index >= 15 is 0 Å². The van der Waals surface area contributed by atoms with Crippen LogP contribution < -0.4 is 5.73 Å². The number of rotatable bonds is 4. The number of pyridine rings is 1. The molecule has 2 N–H and O–H groups in total. The van der Waals surface area contributed by atoms with E-state index < -0.39 is 0 Å². The van der Waals surface area contributed by atoms with Crippen molar-refractivity contribution in [2.24, 2.45) is 11.8 Å². The average molecular weight is 390 g/mol. The molecule has 6 rings (SSSR count). The van der Waals surface area contributed by atoms with Crippen LogP contribution in [0.5, 0.6) is 0 Å². The van der Waals surface area contributed by atoms with Crippen LogP contribution in [-0.2, 0) is 4.74 Å². The first-order chi connectivity index (χ1) is 14.2. The van der Waals surface area contributed by atoms with E-state index in [0.717, 1.165) is 36.3 Å². The number of likely N-dealkylation sites (tertiary alicyclic amines) is 1. The van der Waals surface area contributed by atoms with Crippen LogP contribution in [0.15, 0.2) is 18.3 Å². The molecule has 0 amide bonds. The van der Waals surface area contributed by atoms with Crippen molar-refractivity contribution < 1.29 is 4.74 Å². The molecule has 0 aromatic carbocycles. The van der Waals surface area contributed by atoms with Gasteiger partial charge < -0.3 is 10.5 Å². The topological polar surface area (TPSA) is 93.0 Å². The highest BCUT2D eigenvalue weighted by atomic mass is 16.5. The van der Waals surface area contributed by atoms with Crippen molar-refractivity contribution in [3.8, 4) is 17.3 Å². The smallest absolute Gasteiger partial charge is 0.141 e. The minimum absolute atomic E-state index is 0.281. The molecule has 0 radical (unpaired) electrons. The van der Waals surface area contributed by atoms with Crippen LogP contribution in [0.4, 0.5) is 5.82 Å². The standard InChI is InChI=1S/C22H26N6O/c23-7-13-5-14(8-25-22(13)24)19-6-20(28(26-19)15-3-1-2-4-15)21-17-9-27(10-18(17)21)16-11-29-12-16/h5-6,8,15-18,21H,1-4,9-12H2,(H2,24,25)/t17-,18+,21-.